The van der Waals surface area contributed by atoms with Crippen molar-refractivity contribution in [3.05, 3.63) is 64.7 Å². The molecule has 152 valence electrons. The molecule has 28 heavy (non-hydrogen) atoms. The number of aryl methyl sites for hydroxylation is 1. The van der Waals surface area contributed by atoms with Crippen molar-refractivity contribution >= 4 is 0 Å². The van der Waals surface area contributed by atoms with E-state index < -0.39 is 5.60 Å². The Kier molecular flexibility index (Phi) is 5.88. The fourth-order valence-electron chi connectivity index (χ4n) is 4.55. The molecule has 3 rings (SSSR count). The number of likely N-dealkylation sites (tertiary alicyclic amines) is 1. The monoisotopic (exact) mass is 381 g/mol. The minimum absolute atomic E-state index is 0.0164. The molecule has 0 bridgehead atoms. The van der Waals surface area contributed by atoms with Gasteiger partial charge in [0.05, 0.1) is 7.11 Å². The first-order valence-electron chi connectivity index (χ1n) is 10.4. The van der Waals surface area contributed by atoms with Crippen molar-refractivity contribution in [3.63, 3.8) is 0 Å². The zero-order valence-corrected chi connectivity index (χ0v) is 18.2. The van der Waals surface area contributed by atoms with Crippen LogP contribution in [0.25, 0.3) is 0 Å². The predicted octanol–water partition coefficient (Wildman–Crippen LogP) is 5.02. The number of methoxy groups -OCH3 is 1. The van der Waals surface area contributed by atoms with Crippen LogP contribution in [0.5, 0.6) is 5.75 Å². The van der Waals surface area contributed by atoms with Crippen LogP contribution in [0.3, 0.4) is 0 Å². The molecule has 2 aromatic rings. The molecule has 2 aromatic carbocycles. The molecule has 0 radical (unpaired) electrons. The molecule has 1 aliphatic heterocycles. The van der Waals surface area contributed by atoms with E-state index in [-0.39, 0.29) is 11.5 Å². The molecule has 3 nitrogen and oxygen atoms in total. The van der Waals surface area contributed by atoms with Gasteiger partial charge in [-0.15, -0.1) is 0 Å². The lowest BCUT2D eigenvalue weighted by molar-refractivity contribution is -0.00514. The third kappa shape index (κ3) is 3.70. The van der Waals surface area contributed by atoms with Gasteiger partial charge in [-0.2, -0.15) is 0 Å². The molecule has 0 spiro atoms. The fraction of sp³-hybridized carbons (Fsp3) is 0.520. The average molecular weight is 382 g/mol. The number of hydrogen-bond donors (Lipinski definition) is 1. The maximum absolute atomic E-state index is 12.3. The summed E-state index contributed by atoms with van der Waals surface area (Å²) in [5.74, 6) is 0.887. The highest BCUT2D eigenvalue weighted by atomic mass is 16.5. The van der Waals surface area contributed by atoms with Crippen LogP contribution in [-0.2, 0) is 11.0 Å². The number of ether oxygens (including phenoxy) is 1. The van der Waals surface area contributed by atoms with E-state index in [1.807, 2.05) is 30.3 Å². The predicted molar refractivity (Wildman–Crippen MR) is 116 cm³/mol. The van der Waals surface area contributed by atoms with Gasteiger partial charge in [0.15, 0.2) is 0 Å². The molecular formula is C25H35NO2. The lowest BCUT2D eigenvalue weighted by Gasteiger charge is -2.41. The third-order valence-corrected chi connectivity index (χ3v) is 6.27. The molecular weight excluding hydrogens is 346 g/mol. The normalized spacial score (nSPS) is 18.7. The van der Waals surface area contributed by atoms with E-state index in [4.69, 9.17) is 4.74 Å². The number of nitrogens with zero attached hydrogens (tertiary/aromatic N) is 1. The van der Waals surface area contributed by atoms with Crippen molar-refractivity contribution in [1.82, 2.24) is 4.90 Å². The Bertz CT molecular complexity index is 803. The lowest BCUT2D eigenvalue weighted by Crippen LogP contribution is -2.49. The van der Waals surface area contributed by atoms with Crippen LogP contribution < -0.4 is 4.74 Å². The van der Waals surface area contributed by atoms with Gasteiger partial charge < -0.3 is 9.84 Å². The number of rotatable bonds is 5. The molecule has 1 heterocycles. The van der Waals surface area contributed by atoms with Gasteiger partial charge in [-0.25, -0.2) is 0 Å². The summed E-state index contributed by atoms with van der Waals surface area (Å²) in [7, 11) is 1.72. The molecule has 1 N–H and O–H groups in total. The second-order valence-corrected chi connectivity index (χ2v) is 9.17. The smallest absolute Gasteiger partial charge is 0.130 e. The van der Waals surface area contributed by atoms with E-state index in [1.165, 1.54) is 12.8 Å². The third-order valence-electron chi connectivity index (χ3n) is 6.27. The van der Waals surface area contributed by atoms with E-state index in [1.54, 1.807) is 7.11 Å². The largest absolute Gasteiger partial charge is 0.496 e. The molecule has 2 unspecified atom stereocenters. The van der Waals surface area contributed by atoms with Gasteiger partial charge >= 0.3 is 0 Å². The Morgan fingerprint density at radius 3 is 2.14 bits per heavy atom. The molecule has 1 fully saturated rings. The highest BCUT2D eigenvalue weighted by molar-refractivity contribution is 5.51. The van der Waals surface area contributed by atoms with Crippen LogP contribution >= 0.6 is 0 Å². The number of benzene rings is 2. The van der Waals surface area contributed by atoms with E-state index in [0.717, 1.165) is 41.1 Å². The van der Waals surface area contributed by atoms with E-state index in [2.05, 4.69) is 51.7 Å². The fourth-order valence-corrected chi connectivity index (χ4v) is 4.55. The van der Waals surface area contributed by atoms with Crippen molar-refractivity contribution in [1.29, 1.82) is 0 Å². The zero-order valence-electron chi connectivity index (χ0n) is 18.2. The van der Waals surface area contributed by atoms with Gasteiger partial charge in [0.25, 0.3) is 0 Å². The van der Waals surface area contributed by atoms with Crippen molar-refractivity contribution < 1.29 is 9.84 Å². The Balaban J connectivity index is 2.24. The molecule has 0 aliphatic carbocycles. The highest BCUT2D eigenvalue weighted by Gasteiger charge is 2.43. The first-order valence-corrected chi connectivity index (χ1v) is 10.4. The molecule has 0 saturated carbocycles. The van der Waals surface area contributed by atoms with Crippen LogP contribution in [0.4, 0.5) is 0 Å². The van der Waals surface area contributed by atoms with E-state index >= 15 is 0 Å². The summed E-state index contributed by atoms with van der Waals surface area (Å²) >= 11 is 0. The Hall–Kier alpha value is -1.84. The maximum Gasteiger partial charge on any atom is 0.130 e. The van der Waals surface area contributed by atoms with Gasteiger partial charge in [-0.05, 0) is 79.6 Å². The van der Waals surface area contributed by atoms with Gasteiger partial charge in [-0.1, -0.05) is 51.1 Å². The summed E-state index contributed by atoms with van der Waals surface area (Å²) in [5.41, 5.74) is 2.94. The van der Waals surface area contributed by atoms with Crippen molar-refractivity contribution in [2.75, 3.05) is 20.2 Å². The summed E-state index contributed by atoms with van der Waals surface area (Å²) in [4.78, 5) is 2.42. The molecule has 0 amide bonds. The minimum Gasteiger partial charge on any atom is -0.496 e. The van der Waals surface area contributed by atoms with Crippen LogP contribution in [0.2, 0.25) is 0 Å². The summed E-state index contributed by atoms with van der Waals surface area (Å²) in [6.07, 6.45) is 2.40. The van der Waals surface area contributed by atoms with E-state index in [9.17, 15) is 5.11 Å². The highest BCUT2D eigenvalue weighted by Crippen LogP contribution is 2.42. The summed E-state index contributed by atoms with van der Waals surface area (Å²) in [5, 5.41) is 12.3. The molecule has 1 aliphatic rings. The van der Waals surface area contributed by atoms with E-state index in [0.29, 0.717) is 0 Å². The lowest BCUT2D eigenvalue weighted by atomic mass is 9.75. The van der Waals surface area contributed by atoms with Gasteiger partial charge in [0, 0.05) is 6.04 Å². The van der Waals surface area contributed by atoms with Crippen LogP contribution in [0, 0.1) is 6.92 Å². The summed E-state index contributed by atoms with van der Waals surface area (Å²) in [6.45, 7) is 12.9. The van der Waals surface area contributed by atoms with Crippen LogP contribution in [0.15, 0.2) is 42.5 Å². The second kappa shape index (κ2) is 7.88. The summed E-state index contributed by atoms with van der Waals surface area (Å²) in [6, 6.07) is 14.4. The quantitative estimate of drug-likeness (QED) is 0.789. The minimum atomic E-state index is -1.08. The van der Waals surface area contributed by atoms with Gasteiger partial charge in [0.2, 0.25) is 0 Å². The van der Waals surface area contributed by atoms with Crippen molar-refractivity contribution in [2.45, 2.75) is 64.5 Å². The summed E-state index contributed by atoms with van der Waals surface area (Å²) < 4.78 is 5.69. The molecule has 3 heteroatoms. The van der Waals surface area contributed by atoms with Crippen LogP contribution in [-0.4, -0.2) is 36.2 Å². The van der Waals surface area contributed by atoms with Gasteiger partial charge in [0.1, 0.15) is 11.4 Å². The zero-order chi connectivity index (χ0) is 20.5. The molecule has 2 atom stereocenters. The first-order chi connectivity index (χ1) is 13.2. The number of aliphatic hydroxyl groups is 1. The topological polar surface area (TPSA) is 32.7 Å². The Morgan fingerprint density at radius 1 is 1.00 bits per heavy atom. The maximum atomic E-state index is 12.3. The molecule has 0 aromatic heterocycles. The van der Waals surface area contributed by atoms with Crippen LogP contribution in [0.1, 0.15) is 62.8 Å². The Morgan fingerprint density at radius 2 is 1.61 bits per heavy atom. The second-order valence-electron chi connectivity index (χ2n) is 9.17. The first kappa shape index (κ1) is 20.9. The van der Waals surface area contributed by atoms with Crippen molar-refractivity contribution in [2.24, 2.45) is 0 Å². The van der Waals surface area contributed by atoms with Gasteiger partial charge in [-0.3, -0.25) is 4.90 Å². The SMILES string of the molecule is COc1cc(C)c(C(O)(c2ccccc2)C(C)N2CCCC2)cc1C(C)(C)C. The Labute approximate surface area is 170 Å². The number of hydrogen-bond acceptors (Lipinski definition) is 3. The molecule has 1 saturated heterocycles. The standard InChI is InChI=1S/C25H35NO2/c1-18-16-23(28-6)22(24(3,4)5)17-21(18)25(27,20-12-8-7-9-13-20)19(2)26-14-10-11-15-26/h7-9,12-13,16-17,19,27H,10-11,14-15H2,1-6H3. The van der Waals surface area contributed by atoms with Crippen molar-refractivity contribution in [3.8, 4) is 5.75 Å². The average Bonchev–Trinajstić information content (AvgIpc) is 3.21.